The molecule has 0 bridgehead atoms. The van der Waals surface area contributed by atoms with Gasteiger partial charge < -0.3 is 0 Å². The lowest BCUT2D eigenvalue weighted by Crippen LogP contribution is -2.11. The largest absolute Gasteiger partial charge is 0.252 e. The minimum absolute atomic E-state index is 1.07. The van der Waals surface area contributed by atoms with Crippen molar-refractivity contribution in [3.63, 3.8) is 0 Å². The van der Waals surface area contributed by atoms with Crippen molar-refractivity contribution < 1.29 is 0 Å². The summed E-state index contributed by atoms with van der Waals surface area (Å²) >= 11 is 0. The predicted octanol–water partition coefficient (Wildman–Crippen LogP) is 4.50. The molecule has 0 spiro atoms. The maximum atomic E-state index is 5.02. The van der Waals surface area contributed by atoms with Crippen molar-refractivity contribution in [3.8, 4) is 11.3 Å². The average molecular weight is 251 g/mol. The lowest BCUT2D eigenvalue weighted by Gasteiger charge is -2.22. The monoisotopic (exact) mass is 251 g/mol. The molecule has 98 valence electrons. The molecule has 0 N–H and O–H groups in total. The van der Waals surface area contributed by atoms with Crippen LogP contribution in [-0.2, 0) is 19.3 Å². The van der Waals surface area contributed by atoms with E-state index in [1.54, 1.807) is 0 Å². The number of pyridine rings is 1. The van der Waals surface area contributed by atoms with Crippen LogP contribution in [0.1, 0.15) is 42.1 Å². The molecule has 0 aliphatic heterocycles. The zero-order chi connectivity index (χ0) is 13.2. The van der Waals surface area contributed by atoms with E-state index >= 15 is 0 Å². The molecule has 1 heterocycles. The molecular formula is C18H21N. The SMILES string of the molecule is CCc1c(-c2ccccc2)nc2c(c1C)CCCC2. The van der Waals surface area contributed by atoms with Gasteiger partial charge in [-0.05, 0) is 55.7 Å². The summed E-state index contributed by atoms with van der Waals surface area (Å²) in [6.45, 7) is 4.53. The fraction of sp³-hybridized carbons (Fsp3) is 0.389. The van der Waals surface area contributed by atoms with Gasteiger partial charge in [-0.15, -0.1) is 0 Å². The number of benzene rings is 1. The molecule has 0 radical (unpaired) electrons. The molecule has 0 amide bonds. The van der Waals surface area contributed by atoms with Crippen LogP contribution in [-0.4, -0.2) is 4.98 Å². The molecule has 1 aromatic carbocycles. The fourth-order valence-electron chi connectivity index (χ4n) is 3.25. The zero-order valence-electron chi connectivity index (χ0n) is 11.9. The van der Waals surface area contributed by atoms with Gasteiger partial charge in [-0.25, -0.2) is 0 Å². The second-order valence-corrected chi connectivity index (χ2v) is 5.42. The van der Waals surface area contributed by atoms with Gasteiger partial charge in [0, 0.05) is 11.3 Å². The van der Waals surface area contributed by atoms with Crippen LogP contribution in [0.25, 0.3) is 11.3 Å². The van der Waals surface area contributed by atoms with E-state index in [4.69, 9.17) is 4.98 Å². The third-order valence-corrected chi connectivity index (χ3v) is 4.28. The third-order valence-electron chi connectivity index (χ3n) is 4.28. The fourth-order valence-corrected chi connectivity index (χ4v) is 3.25. The van der Waals surface area contributed by atoms with Gasteiger partial charge in [0.1, 0.15) is 0 Å². The van der Waals surface area contributed by atoms with E-state index in [1.807, 2.05) is 0 Å². The minimum Gasteiger partial charge on any atom is -0.252 e. The molecule has 19 heavy (non-hydrogen) atoms. The van der Waals surface area contributed by atoms with Crippen LogP contribution >= 0.6 is 0 Å². The van der Waals surface area contributed by atoms with Gasteiger partial charge in [-0.3, -0.25) is 4.98 Å². The van der Waals surface area contributed by atoms with Gasteiger partial charge in [0.25, 0.3) is 0 Å². The molecule has 0 atom stereocenters. The van der Waals surface area contributed by atoms with Crippen LogP contribution in [0.4, 0.5) is 0 Å². The minimum atomic E-state index is 1.07. The van der Waals surface area contributed by atoms with E-state index in [1.165, 1.54) is 52.9 Å². The number of fused-ring (bicyclic) bond motifs is 1. The Hall–Kier alpha value is -1.63. The molecule has 3 rings (SSSR count). The van der Waals surface area contributed by atoms with Crippen LogP contribution in [0.15, 0.2) is 30.3 Å². The van der Waals surface area contributed by atoms with E-state index in [-0.39, 0.29) is 0 Å². The highest BCUT2D eigenvalue weighted by Crippen LogP contribution is 2.31. The smallest absolute Gasteiger partial charge is 0.0739 e. The van der Waals surface area contributed by atoms with Crippen LogP contribution in [0.3, 0.4) is 0 Å². The highest BCUT2D eigenvalue weighted by molar-refractivity contribution is 5.66. The Balaban J connectivity index is 2.22. The first-order valence-electron chi connectivity index (χ1n) is 7.38. The average Bonchev–Trinajstić information content (AvgIpc) is 2.48. The first-order chi connectivity index (χ1) is 9.31. The Kier molecular flexibility index (Phi) is 3.37. The van der Waals surface area contributed by atoms with Crippen molar-refractivity contribution in [2.45, 2.75) is 46.0 Å². The van der Waals surface area contributed by atoms with Gasteiger partial charge in [-0.1, -0.05) is 37.3 Å². The topological polar surface area (TPSA) is 12.9 Å². The van der Waals surface area contributed by atoms with Crippen molar-refractivity contribution in [3.05, 3.63) is 52.7 Å². The second kappa shape index (κ2) is 5.16. The number of rotatable bonds is 2. The highest BCUT2D eigenvalue weighted by atomic mass is 14.7. The Labute approximate surface area is 115 Å². The molecular weight excluding hydrogens is 230 g/mol. The number of hydrogen-bond acceptors (Lipinski definition) is 1. The molecule has 1 aliphatic carbocycles. The summed E-state index contributed by atoms with van der Waals surface area (Å²) in [5, 5.41) is 0. The Morgan fingerprint density at radius 3 is 2.53 bits per heavy atom. The van der Waals surface area contributed by atoms with Crippen molar-refractivity contribution >= 4 is 0 Å². The van der Waals surface area contributed by atoms with Crippen LogP contribution in [0.2, 0.25) is 0 Å². The van der Waals surface area contributed by atoms with Crippen molar-refractivity contribution in [1.29, 1.82) is 0 Å². The molecule has 0 fully saturated rings. The summed E-state index contributed by atoms with van der Waals surface area (Å²) in [5.41, 5.74) is 8.28. The van der Waals surface area contributed by atoms with Gasteiger partial charge >= 0.3 is 0 Å². The molecule has 1 nitrogen and oxygen atoms in total. The van der Waals surface area contributed by atoms with E-state index in [0.29, 0.717) is 0 Å². The van der Waals surface area contributed by atoms with Gasteiger partial charge in [0.05, 0.1) is 5.69 Å². The quantitative estimate of drug-likeness (QED) is 0.766. The maximum absolute atomic E-state index is 5.02. The molecule has 2 aromatic rings. The first kappa shape index (κ1) is 12.4. The van der Waals surface area contributed by atoms with Crippen molar-refractivity contribution in [2.75, 3.05) is 0 Å². The Morgan fingerprint density at radius 1 is 1.05 bits per heavy atom. The Bertz CT molecular complexity index is 584. The van der Waals surface area contributed by atoms with Gasteiger partial charge in [0.2, 0.25) is 0 Å². The number of hydrogen-bond donors (Lipinski definition) is 0. The molecule has 0 saturated carbocycles. The third kappa shape index (κ3) is 2.18. The van der Waals surface area contributed by atoms with Crippen molar-refractivity contribution in [1.82, 2.24) is 4.98 Å². The van der Waals surface area contributed by atoms with E-state index < -0.39 is 0 Å². The van der Waals surface area contributed by atoms with E-state index in [9.17, 15) is 0 Å². The predicted molar refractivity (Wildman–Crippen MR) is 80.4 cm³/mol. The molecule has 0 saturated heterocycles. The number of nitrogens with zero attached hydrogens (tertiary/aromatic N) is 1. The Morgan fingerprint density at radius 2 is 1.79 bits per heavy atom. The lowest BCUT2D eigenvalue weighted by molar-refractivity contribution is 0.662. The van der Waals surface area contributed by atoms with Gasteiger partial charge in [-0.2, -0.15) is 0 Å². The summed E-state index contributed by atoms with van der Waals surface area (Å²) in [7, 11) is 0. The normalized spacial score (nSPS) is 14.2. The standard InChI is InChI=1S/C18H21N/c1-3-15-13(2)16-11-7-8-12-17(16)19-18(15)14-9-5-4-6-10-14/h4-6,9-10H,3,7-8,11-12H2,1-2H3. The molecule has 1 aromatic heterocycles. The van der Waals surface area contributed by atoms with E-state index in [0.717, 1.165) is 12.8 Å². The number of aromatic nitrogens is 1. The number of aryl methyl sites for hydroxylation is 1. The highest BCUT2D eigenvalue weighted by Gasteiger charge is 2.18. The van der Waals surface area contributed by atoms with Crippen molar-refractivity contribution in [2.24, 2.45) is 0 Å². The van der Waals surface area contributed by atoms with E-state index in [2.05, 4.69) is 44.2 Å². The summed E-state index contributed by atoms with van der Waals surface area (Å²) in [4.78, 5) is 5.02. The van der Waals surface area contributed by atoms with Crippen LogP contribution in [0, 0.1) is 6.92 Å². The lowest BCUT2D eigenvalue weighted by atomic mass is 9.87. The molecule has 0 unspecified atom stereocenters. The zero-order valence-corrected chi connectivity index (χ0v) is 11.9. The summed E-state index contributed by atoms with van der Waals surface area (Å²) in [6, 6.07) is 10.6. The summed E-state index contributed by atoms with van der Waals surface area (Å²) in [6.07, 6.45) is 6.05. The maximum Gasteiger partial charge on any atom is 0.0739 e. The van der Waals surface area contributed by atoms with Crippen LogP contribution in [0.5, 0.6) is 0 Å². The second-order valence-electron chi connectivity index (χ2n) is 5.42. The summed E-state index contributed by atoms with van der Waals surface area (Å²) < 4.78 is 0. The van der Waals surface area contributed by atoms with Crippen LogP contribution < -0.4 is 0 Å². The first-order valence-corrected chi connectivity index (χ1v) is 7.38. The summed E-state index contributed by atoms with van der Waals surface area (Å²) in [5.74, 6) is 0. The molecule has 1 heteroatoms. The van der Waals surface area contributed by atoms with Gasteiger partial charge in [0.15, 0.2) is 0 Å². The molecule has 1 aliphatic rings.